The van der Waals surface area contributed by atoms with Crippen LogP contribution in [0.5, 0.6) is 23.0 Å². The SMILES string of the molecule is COc1cc(C2C(C#N)=C(N)Oc3cc(OC(=O)Cc4cccc5ccccc45)ccc32)ccc1OCc1ccccc1Cl. The lowest BCUT2D eigenvalue weighted by atomic mass is 9.83. The highest BCUT2D eigenvalue weighted by Crippen LogP contribution is 2.45. The van der Waals surface area contributed by atoms with Crippen molar-refractivity contribution in [2.75, 3.05) is 7.11 Å². The average Bonchev–Trinajstić information content (AvgIpc) is 3.04. The van der Waals surface area contributed by atoms with E-state index in [-0.39, 0.29) is 24.5 Å². The standard InChI is InChI=1S/C36H27ClN2O5/c1-41-33-17-24(13-16-31(33)42-21-25-8-3-5-12-30(25)37)35-28-15-14-26(19-32(28)44-36(39)29(35)20-38)43-34(40)18-23-10-6-9-22-7-2-4-11-27(22)23/h2-17,19,35H,18,21,39H2,1H3. The fraction of sp³-hybridized carbons (Fsp3) is 0.111. The van der Waals surface area contributed by atoms with Crippen LogP contribution in [0, 0.1) is 11.3 Å². The fourth-order valence-electron chi connectivity index (χ4n) is 5.37. The summed E-state index contributed by atoms with van der Waals surface area (Å²) in [6.07, 6.45) is 0.104. The first-order chi connectivity index (χ1) is 21.4. The largest absolute Gasteiger partial charge is 0.493 e. The number of ether oxygens (including phenoxy) is 4. The highest BCUT2D eigenvalue weighted by Gasteiger charge is 2.32. The molecule has 5 aromatic carbocycles. The molecule has 218 valence electrons. The Kier molecular flexibility index (Phi) is 8.09. The Morgan fingerprint density at radius 3 is 2.52 bits per heavy atom. The maximum Gasteiger partial charge on any atom is 0.315 e. The molecule has 0 bridgehead atoms. The second-order valence-corrected chi connectivity index (χ2v) is 10.6. The van der Waals surface area contributed by atoms with E-state index in [9.17, 15) is 10.1 Å². The summed E-state index contributed by atoms with van der Waals surface area (Å²) in [4.78, 5) is 12.9. The van der Waals surface area contributed by atoms with Gasteiger partial charge in [-0.25, -0.2) is 0 Å². The van der Waals surface area contributed by atoms with Crippen molar-refractivity contribution in [2.24, 2.45) is 5.73 Å². The molecule has 5 aromatic rings. The van der Waals surface area contributed by atoms with Crippen LogP contribution < -0.4 is 24.7 Å². The Hall–Kier alpha value is -5.45. The maximum atomic E-state index is 12.9. The van der Waals surface area contributed by atoms with Gasteiger partial charge in [-0.2, -0.15) is 5.26 Å². The summed E-state index contributed by atoms with van der Waals surface area (Å²) < 4.78 is 23.2. The van der Waals surface area contributed by atoms with E-state index >= 15 is 0 Å². The van der Waals surface area contributed by atoms with Crippen molar-refractivity contribution in [3.63, 3.8) is 0 Å². The number of nitriles is 1. The summed E-state index contributed by atoms with van der Waals surface area (Å²) >= 11 is 6.28. The zero-order chi connectivity index (χ0) is 30.6. The molecule has 1 atom stereocenters. The van der Waals surface area contributed by atoms with Crippen molar-refractivity contribution >= 4 is 28.3 Å². The molecule has 0 saturated heterocycles. The Bertz CT molecular complexity index is 1960. The maximum absolute atomic E-state index is 12.9. The van der Waals surface area contributed by atoms with Crippen LogP contribution >= 0.6 is 11.6 Å². The van der Waals surface area contributed by atoms with E-state index in [0.717, 1.165) is 27.5 Å². The number of esters is 1. The minimum Gasteiger partial charge on any atom is -0.493 e. The molecule has 0 radical (unpaired) electrons. The number of fused-ring (bicyclic) bond motifs is 2. The van der Waals surface area contributed by atoms with E-state index in [2.05, 4.69) is 6.07 Å². The quantitative estimate of drug-likeness (QED) is 0.145. The van der Waals surface area contributed by atoms with Crippen LogP contribution in [0.4, 0.5) is 0 Å². The summed E-state index contributed by atoms with van der Waals surface area (Å²) in [7, 11) is 1.55. The molecule has 6 rings (SSSR count). The fourth-order valence-corrected chi connectivity index (χ4v) is 5.56. The topological polar surface area (TPSA) is 104 Å². The molecule has 0 amide bonds. The second kappa shape index (κ2) is 12.4. The van der Waals surface area contributed by atoms with Gasteiger partial charge in [0.1, 0.15) is 29.7 Å². The first-order valence-corrected chi connectivity index (χ1v) is 14.3. The number of nitrogens with two attached hydrogens (primary N) is 1. The minimum absolute atomic E-state index is 0.0257. The number of hydrogen-bond donors (Lipinski definition) is 1. The number of hydrogen-bond acceptors (Lipinski definition) is 7. The Morgan fingerprint density at radius 1 is 0.932 bits per heavy atom. The van der Waals surface area contributed by atoms with E-state index in [1.807, 2.05) is 72.8 Å². The molecule has 2 N–H and O–H groups in total. The number of rotatable bonds is 8. The van der Waals surface area contributed by atoms with E-state index in [4.69, 9.17) is 36.3 Å². The predicted molar refractivity (Wildman–Crippen MR) is 168 cm³/mol. The number of allylic oxidation sites excluding steroid dienone is 1. The Labute approximate surface area is 259 Å². The highest BCUT2D eigenvalue weighted by atomic mass is 35.5. The van der Waals surface area contributed by atoms with Gasteiger partial charge in [-0.15, -0.1) is 0 Å². The third-order valence-electron chi connectivity index (χ3n) is 7.50. The van der Waals surface area contributed by atoms with Crippen molar-refractivity contribution in [1.29, 1.82) is 5.26 Å². The lowest BCUT2D eigenvalue weighted by molar-refractivity contribution is -0.133. The molecule has 0 spiro atoms. The van der Waals surface area contributed by atoms with Gasteiger partial charge >= 0.3 is 5.97 Å². The summed E-state index contributed by atoms with van der Waals surface area (Å²) in [5, 5.41) is 12.7. The number of methoxy groups -OCH3 is 1. The van der Waals surface area contributed by atoms with Crippen LogP contribution in [0.15, 0.2) is 115 Å². The van der Waals surface area contributed by atoms with Crippen molar-refractivity contribution in [3.8, 4) is 29.1 Å². The van der Waals surface area contributed by atoms with Crippen molar-refractivity contribution < 1.29 is 23.7 Å². The number of carbonyl (C=O) groups excluding carboxylic acids is 1. The van der Waals surface area contributed by atoms with Gasteiger partial charge in [0.15, 0.2) is 11.5 Å². The first-order valence-electron chi connectivity index (χ1n) is 13.9. The second-order valence-electron chi connectivity index (χ2n) is 10.2. The van der Waals surface area contributed by atoms with Crippen LogP contribution in [0.25, 0.3) is 10.8 Å². The van der Waals surface area contributed by atoms with Crippen LogP contribution in [-0.4, -0.2) is 13.1 Å². The lowest BCUT2D eigenvalue weighted by Crippen LogP contribution is -2.21. The number of halogens is 1. The Morgan fingerprint density at radius 2 is 1.70 bits per heavy atom. The molecule has 1 unspecified atom stereocenters. The normalized spacial score (nSPS) is 13.9. The van der Waals surface area contributed by atoms with Crippen molar-refractivity contribution in [3.05, 3.63) is 142 Å². The van der Waals surface area contributed by atoms with E-state index < -0.39 is 11.9 Å². The molecule has 7 nitrogen and oxygen atoms in total. The van der Waals surface area contributed by atoms with E-state index in [1.165, 1.54) is 0 Å². The van der Waals surface area contributed by atoms with Crippen LogP contribution in [-0.2, 0) is 17.8 Å². The molecular formula is C36H27ClN2O5. The van der Waals surface area contributed by atoms with Gasteiger partial charge in [0.25, 0.3) is 0 Å². The van der Waals surface area contributed by atoms with Crippen molar-refractivity contribution in [2.45, 2.75) is 18.9 Å². The number of benzene rings is 5. The van der Waals surface area contributed by atoms with Crippen LogP contribution in [0.2, 0.25) is 5.02 Å². The smallest absolute Gasteiger partial charge is 0.315 e. The highest BCUT2D eigenvalue weighted by molar-refractivity contribution is 6.31. The third-order valence-corrected chi connectivity index (χ3v) is 7.87. The molecule has 0 fully saturated rings. The summed E-state index contributed by atoms with van der Waals surface area (Å²) in [5.41, 5.74) is 9.64. The van der Waals surface area contributed by atoms with E-state index in [0.29, 0.717) is 33.6 Å². The van der Waals surface area contributed by atoms with Gasteiger partial charge in [-0.3, -0.25) is 4.79 Å². The Balaban J connectivity index is 1.25. The van der Waals surface area contributed by atoms with Gasteiger partial charge in [-0.1, -0.05) is 84.4 Å². The van der Waals surface area contributed by atoms with Crippen LogP contribution in [0.3, 0.4) is 0 Å². The molecule has 1 heterocycles. The average molecular weight is 603 g/mol. The van der Waals surface area contributed by atoms with Gasteiger partial charge in [0, 0.05) is 22.2 Å². The number of nitrogens with zero attached hydrogens (tertiary/aromatic N) is 1. The lowest BCUT2D eigenvalue weighted by Gasteiger charge is -2.27. The molecule has 0 saturated carbocycles. The molecule has 1 aliphatic heterocycles. The van der Waals surface area contributed by atoms with Gasteiger partial charge in [0.2, 0.25) is 5.88 Å². The first kappa shape index (κ1) is 28.7. The van der Waals surface area contributed by atoms with Gasteiger partial charge in [0.05, 0.1) is 19.4 Å². The summed E-state index contributed by atoms with van der Waals surface area (Å²) in [5.74, 6) is 0.719. The minimum atomic E-state index is -0.546. The molecule has 0 aromatic heterocycles. The molecule has 1 aliphatic rings. The van der Waals surface area contributed by atoms with E-state index in [1.54, 1.807) is 37.4 Å². The number of carbonyl (C=O) groups is 1. The van der Waals surface area contributed by atoms with Gasteiger partial charge in [-0.05, 0) is 46.2 Å². The predicted octanol–water partition coefficient (Wildman–Crippen LogP) is 7.45. The monoisotopic (exact) mass is 602 g/mol. The molecular weight excluding hydrogens is 576 g/mol. The molecule has 44 heavy (non-hydrogen) atoms. The third kappa shape index (κ3) is 5.76. The summed E-state index contributed by atoms with van der Waals surface area (Å²) in [6, 6.07) is 33.9. The summed E-state index contributed by atoms with van der Waals surface area (Å²) in [6.45, 7) is 0.258. The molecule has 0 aliphatic carbocycles. The molecule has 8 heteroatoms. The van der Waals surface area contributed by atoms with Crippen LogP contribution in [0.1, 0.15) is 28.2 Å². The zero-order valence-corrected chi connectivity index (χ0v) is 24.5. The zero-order valence-electron chi connectivity index (χ0n) is 23.8. The van der Waals surface area contributed by atoms with Gasteiger partial charge < -0.3 is 24.7 Å². The van der Waals surface area contributed by atoms with Crippen molar-refractivity contribution in [1.82, 2.24) is 0 Å².